The van der Waals surface area contributed by atoms with Crippen molar-refractivity contribution >= 4 is 45.5 Å². The Kier molecular flexibility index (Phi) is 9.01. The van der Waals surface area contributed by atoms with E-state index in [1.54, 1.807) is 14.0 Å². The van der Waals surface area contributed by atoms with Crippen molar-refractivity contribution in [3.05, 3.63) is 29.8 Å². The zero-order valence-electron chi connectivity index (χ0n) is 14.8. The molecule has 1 fully saturated rings. The summed E-state index contributed by atoms with van der Waals surface area (Å²) in [4.78, 5) is 5.93. The zero-order valence-corrected chi connectivity index (χ0v) is 18.0. The first-order valence-electron chi connectivity index (χ1n) is 8.22. The van der Waals surface area contributed by atoms with Gasteiger partial charge in [0.25, 0.3) is 0 Å². The third-order valence-electron chi connectivity index (χ3n) is 4.15. The Bertz CT molecular complexity index is 731. The molecule has 0 saturated carbocycles. The van der Waals surface area contributed by atoms with Crippen LogP contribution in [0.25, 0.3) is 0 Å². The number of benzene rings is 1. The lowest BCUT2D eigenvalue weighted by atomic mass is 10.2. The molecule has 0 spiro atoms. The van der Waals surface area contributed by atoms with Gasteiger partial charge in [-0.1, -0.05) is 6.92 Å². The monoisotopic (exact) mass is 502 g/mol. The first-order valence-corrected chi connectivity index (χ1v) is 10.0. The Labute approximate surface area is 170 Å². The van der Waals surface area contributed by atoms with E-state index in [0.29, 0.717) is 24.7 Å². The topological polar surface area (TPSA) is 73.8 Å². The van der Waals surface area contributed by atoms with E-state index in [-0.39, 0.29) is 48.1 Å². The highest BCUT2D eigenvalue weighted by atomic mass is 127. The SMILES string of the molecule is CCS(=O)(=O)CCNC(=NC)NC1CCN(c2ccc(F)cc2F)C1.I. The lowest BCUT2D eigenvalue weighted by Gasteiger charge is -2.21. The van der Waals surface area contributed by atoms with Gasteiger partial charge in [-0.15, -0.1) is 24.0 Å². The van der Waals surface area contributed by atoms with E-state index in [0.717, 1.165) is 12.5 Å². The second-order valence-corrected chi connectivity index (χ2v) is 8.38. The van der Waals surface area contributed by atoms with E-state index in [9.17, 15) is 17.2 Å². The van der Waals surface area contributed by atoms with Crippen LogP contribution in [0.1, 0.15) is 13.3 Å². The standard InChI is InChI=1S/C16H24F2N4O2S.HI/c1-3-25(23,24)9-7-20-16(19-2)21-13-6-8-22(11-13)15-5-4-12(17)10-14(15)18;/h4-5,10,13H,3,6-9,11H2,1-2H3,(H2,19,20,21);1H. The predicted octanol–water partition coefficient (Wildman–Crippen LogP) is 1.76. The average molecular weight is 502 g/mol. The zero-order chi connectivity index (χ0) is 18.4. The molecule has 0 amide bonds. The van der Waals surface area contributed by atoms with Gasteiger partial charge in [-0.3, -0.25) is 4.99 Å². The van der Waals surface area contributed by atoms with Crippen molar-refractivity contribution in [2.75, 3.05) is 43.1 Å². The molecule has 6 nitrogen and oxygen atoms in total. The van der Waals surface area contributed by atoms with Gasteiger partial charge in [-0.25, -0.2) is 17.2 Å². The maximum absolute atomic E-state index is 13.9. The fourth-order valence-corrected chi connectivity index (χ4v) is 3.39. The molecule has 0 aliphatic carbocycles. The minimum Gasteiger partial charge on any atom is -0.367 e. The van der Waals surface area contributed by atoms with Gasteiger partial charge in [0, 0.05) is 44.5 Å². The largest absolute Gasteiger partial charge is 0.367 e. The molecule has 2 rings (SSSR count). The Morgan fingerprint density at radius 1 is 1.38 bits per heavy atom. The summed E-state index contributed by atoms with van der Waals surface area (Å²) in [6.45, 7) is 3.08. The Morgan fingerprint density at radius 3 is 2.73 bits per heavy atom. The smallest absolute Gasteiger partial charge is 0.191 e. The van der Waals surface area contributed by atoms with Gasteiger partial charge in [0.1, 0.15) is 11.6 Å². The van der Waals surface area contributed by atoms with Gasteiger partial charge in [0.05, 0.1) is 11.4 Å². The number of aliphatic imine (C=N–C) groups is 1. The summed E-state index contributed by atoms with van der Waals surface area (Å²) < 4.78 is 49.9. The molecule has 1 unspecified atom stereocenters. The summed E-state index contributed by atoms with van der Waals surface area (Å²) in [5.74, 6) is -0.504. The summed E-state index contributed by atoms with van der Waals surface area (Å²) in [5, 5.41) is 6.18. The summed E-state index contributed by atoms with van der Waals surface area (Å²) in [6, 6.07) is 3.60. The number of guanidine groups is 1. The highest BCUT2D eigenvalue weighted by Crippen LogP contribution is 2.24. The minimum atomic E-state index is -3.03. The number of hydrogen-bond acceptors (Lipinski definition) is 4. The second-order valence-electron chi connectivity index (χ2n) is 5.91. The molecule has 10 heteroatoms. The van der Waals surface area contributed by atoms with Crippen molar-refractivity contribution in [1.29, 1.82) is 0 Å². The maximum atomic E-state index is 13.9. The summed E-state index contributed by atoms with van der Waals surface area (Å²) >= 11 is 0. The number of halogens is 3. The molecule has 0 radical (unpaired) electrons. The van der Waals surface area contributed by atoms with Crippen LogP contribution in [0.3, 0.4) is 0 Å². The third-order valence-corrected chi connectivity index (χ3v) is 5.85. The first kappa shape index (κ1) is 22.9. The van der Waals surface area contributed by atoms with Gasteiger partial charge >= 0.3 is 0 Å². The Balaban J connectivity index is 0.00000338. The van der Waals surface area contributed by atoms with Crippen molar-refractivity contribution in [3.63, 3.8) is 0 Å². The van der Waals surface area contributed by atoms with Crippen LogP contribution in [0.5, 0.6) is 0 Å². The molecule has 26 heavy (non-hydrogen) atoms. The first-order chi connectivity index (χ1) is 11.8. The number of anilines is 1. The fraction of sp³-hybridized carbons (Fsp3) is 0.562. The molecule has 148 valence electrons. The van der Waals surface area contributed by atoms with E-state index in [4.69, 9.17) is 0 Å². The number of rotatable bonds is 6. The van der Waals surface area contributed by atoms with Crippen LogP contribution in [-0.2, 0) is 9.84 Å². The van der Waals surface area contributed by atoms with E-state index < -0.39 is 21.5 Å². The summed E-state index contributed by atoms with van der Waals surface area (Å²) in [5.41, 5.74) is 0.377. The van der Waals surface area contributed by atoms with Gasteiger partial charge in [0.2, 0.25) is 0 Å². The van der Waals surface area contributed by atoms with Crippen LogP contribution < -0.4 is 15.5 Å². The number of hydrogen-bond donors (Lipinski definition) is 2. The van der Waals surface area contributed by atoms with Crippen LogP contribution in [0.15, 0.2) is 23.2 Å². The van der Waals surface area contributed by atoms with Crippen LogP contribution >= 0.6 is 24.0 Å². The van der Waals surface area contributed by atoms with Crippen LogP contribution in [-0.4, -0.2) is 58.6 Å². The molecular weight excluding hydrogens is 477 g/mol. The van der Waals surface area contributed by atoms with Crippen molar-refractivity contribution in [2.45, 2.75) is 19.4 Å². The van der Waals surface area contributed by atoms with Crippen LogP contribution in [0.2, 0.25) is 0 Å². The summed E-state index contributed by atoms with van der Waals surface area (Å²) in [6.07, 6.45) is 0.769. The number of sulfone groups is 1. The molecule has 1 atom stereocenters. The van der Waals surface area contributed by atoms with E-state index >= 15 is 0 Å². The molecule has 1 aliphatic rings. The van der Waals surface area contributed by atoms with Gasteiger partial charge in [-0.2, -0.15) is 0 Å². The van der Waals surface area contributed by atoms with E-state index in [1.165, 1.54) is 12.1 Å². The van der Waals surface area contributed by atoms with Crippen LogP contribution in [0, 0.1) is 11.6 Å². The average Bonchev–Trinajstić information content (AvgIpc) is 3.02. The number of nitrogens with one attached hydrogen (secondary N) is 2. The molecule has 1 saturated heterocycles. The molecule has 1 aromatic carbocycles. The fourth-order valence-electron chi connectivity index (χ4n) is 2.69. The highest BCUT2D eigenvalue weighted by Gasteiger charge is 2.25. The van der Waals surface area contributed by atoms with Crippen molar-refractivity contribution < 1.29 is 17.2 Å². The Morgan fingerprint density at radius 2 is 2.12 bits per heavy atom. The Hall–Kier alpha value is -1.17. The normalized spacial score (nSPS) is 17.8. The third kappa shape index (κ3) is 6.53. The molecule has 1 aliphatic heterocycles. The minimum absolute atomic E-state index is 0. The van der Waals surface area contributed by atoms with Crippen molar-refractivity contribution in [1.82, 2.24) is 10.6 Å². The van der Waals surface area contributed by atoms with Crippen molar-refractivity contribution in [2.24, 2.45) is 4.99 Å². The molecule has 0 aromatic heterocycles. The summed E-state index contributed by atoms with van der Waals surface area (Å²) in [7, 11) is -1.42. The van der Waals surface area contributed by atoms with Crippen LogP contribution in [0.4, 0.5) is 14.5 Å². The lowest BCUT2D eigenvalue weighted by molar-refractivity contribution is 0.580. The molecular formula is C16H25F2IN4O2S. The predicted molar refractivity (Wildman–Crippen MR) is 111 cm³/mol. The lowest BCUT2D eigenvalue weighted by Crippen LogP contribution is -2.45. The molecule has 2 N–H and O–H groups in total. The van der Waals surface area contributed by atoms with Gasteiger partial charge in [-0.05, 0) is 18.6 Å². The van der Waals surface area contributed by atoms with Crippen molar-refractivity contribution in [3.8, 4) is 0 Å². The molecule has 0 bridgehead atoms. The van der Waals surface area contributed by atoms with Gasteiger partial charge in [0.15, 0.2) is 15.8 Å². The molecule has 1 aromatic rings. The molecule has 1 heterocycles. The van der Waals surface area contributed by atoms with E-state index in [2.05, 4.69) is 15.6 Å². The quantitative estimate of drug-likeness (QED) is 0.353. The second kappa shape index (κ2) is 10.2. The van der Waals surface area contributed by atoms with Gasteiger partial charge < -0.3 is 15.5 Å². The number of nitrogens with zero attached hydrogens (tertiary/aromatic N) is 2. The maximum Gasteiger partial charge on any atom is 0.191 e. The highest BCUT2D eigenvalue weighted by molar-refractivity contribution is 14.0. The van der Waals surface area contributed by atoms with E-state index in [1.807, 2.05) is 4.90 Å².